The van der Waals surface area contributed by atoms with Gasteiger partial charge in [0.1, 0.15) is 23.0 Å². The van der Waals surface area contributed by atoms with E-state index in [1.54, 1.807) is 48.5 Å². The summed E-state index contributed by atoms with van der Waals surface area (Å²) in [7, 11) is 1.46. The second-order valence-corrected chi connectivity index (χ2v) is 9.22. The summed E-state index contributed by atoms with van der Waals surface area (Å²) in [6.45, 7) is 4.41. The summed E-state index contributed by atoms with van der Waals surface area (Å²) in [6, 6.07) is 16.6. The number of amides is 1. The molecular formula is C29H26F3NO6. The number of nitrogens with zero attached hydrogens (tertiary/aromatic N) is 1. The van der Waals surface area contributed by atoms with E-state index >= 15 is 0 Å². The second-order valence-electron chi connectivity index (χ2n) is 9.22. The molecule has 0 aromatic heterocycles. The van der Waals surface area contributed by atoms with Gasteiger partial charge in [-0.3, -0.25) is 14.5 Å². The fourth-order valence-corrected chi connectivity index (χ4v) is 4.19. The fraction of sp³-hybridized carbons (Fsp3) is 0.241. The standard InChI is InChI=1S/C29H26F3NO6/c1-17(2)16-38-23-9-5-7-19(15-23)26(34)24-25(18-6-4-8-22(14-18)37-3)33(28(36)27(24)35)20-10-12-21(13-11-20)39-29(30,31)32/h4-15,17,25,34H,16H2,1-3H3/b26-24-. The zero-order valence-corrected chi connectivity index (χ0v) is 21.4. The lowest BCUT2D eigenvalue weighted by Gasteiger charge is -2.26. The van der Waals surface area contributed by atoms with Gasteiger partial charge >= 0.3 is 6.36 Å². The van der Waals surface area contributed by atoms with Gasteiger partial charge in [0.15, 0.2) is 0 Å². The van der Waals surface area contributed by atoms with Crippen LogP contribution >= 0.6 is 0 Å². The number of ketones is 1. The molecule has 0 spiro atoms. The molecule has 204 valence electrons. The number of hydrogen-bond donors (Lipinski definition) is 1. The number of hydrogen-bond acceptors (Lipinski definition) is 6. The summed E-state index contributed by atoms with van der Waals surface area (Å²) in [4.78, 5) is 27.8. The van der Waals surface area contributed by atoms with E-state index in [1.165, 1.54) is 19.2 Å². The lowest BCUT2D eigenvalue weighted by atomic mass is 9.95. The Balaban J connectivity index is 1.83. The van der Waals surface area contributed by atoms with E-state index in [0.717, 1.165) is 17.0 Å². The third-order valence-corrected chi connectivity index (χ3v) is 5.89. The molecule has 1 N–H and O–H groups in total. The van der Waals surface area contributed by atoms with Crippen molar-refractivity contribution in [3.8, 4) is 17.2 Å². The Labute approximate surface area is 223 Å². The number of Topliss-reactive ketones (excluding diaryl/α,β-unsaturated/α-hetero) is 1. The molecule has 1 amide bonds. The van der Waals surface area contributed by atoms with Gasteiger partial charge in [0.2, 0.25) is 0 Å². The molecule has 4 rings (SSSR count). The third kappa shape index (κ3) is 6.17. The van der Waals surface area contributed by atoms with E-state index in [-0.39, 0.29) is 22.7 Å². The molecule has 1 heterocycles. The predicted octanol–water partition coefficient (Wildman–Crippen LogP) is 6.25. The van der Waals surface area contributed by atoms with Gasteiger partial charge in [-0.1, -0.05) is 38.1 Å². The molecule has 39 heavy (non-hydrogen) atoms. The van der Waals surface area contributed by atoms with Crippen molar-refractivity contribution in [3.63, 3.8) is 0 Å². The topological polar surface area (TPSA) is 85.3 Å². The molecule has 1 aliphatic heterocycles. The monoisotopic (exact) mass is 541 g/mol. The summed E-state index contributed by atoms with van der Waals surface area (Å²) < 4.78 is 52.9. The van der Waals surface area contributed by atoms with Crippen LogP contribution < -0.4 is 19.1 Å². The maximum Gasteiger partial charge on any atom is 0.573 e. The Morgan fingerprint density at radius 2 is 1.62 bits per heavy atom. The van der Waals surface area contributed by atoms with E-state index in [0.29, 0.717) is 23.7 Å². The van der Waals surface area contributed by atoms with Crippen LogP contribution in [0.25, 0.3) is 5.76 Å². The maximum atomic E-state index is 13.4. The quantitative estimate of drug-likeness (QED) is 0.206. The molecule has 1 aliphatic rings. The molecule has 3 aromatic carbocycles. The summed E-state index contributed by atoms with van der Waals surface area (Å²) >= 11 is 0. The zero-order chi connectivity index (χ0) is 28.3. The Bertz CT molecular complexity index is 1400. The van der Waals surface area contributed by atoms with Gasteiger partial charge in [-0.05, 0) is 60.0 Å². The van der Waals surface area contributed by atoms with Gasteiger partial charge in [-0.15, -0.1) is 13.2 Å². The van der Waals surface area contributed by atoms with Crippen LogP contribution in [-0.4, -0.2) is 36.9 Å². The van der Waals surface area contributed by atoms with Crippen molar-refractivity contribution in [1.82, 2.24) is 0 Å². The molecule has 1 saturated heterocycles. The van der Waals surface area contributed by atoms with E-state index in [2.05, 4.69) is 4.74 Å². The van der Waals surface area contributed by atoms with Gasteiger partial charge < -0.3 is 19.3 Å². The first kappa shape index (κ1) is 27.6. The van der Waals surface area contributed by atoms with Crippen LogP contribution in [0.2, 0.25) is 0 Å². The Morgan fingerprint density at radius 1 is 0.949 bits per heavy atom. The van der Waals surface area contributed by atoms with Crippen LogP contribution in [0.5, 0.6) is 17.2 Å². The molecule has 1 atom stereocenters. The highest BCUT2D eigenvalue weighted by atomic mass is 19.4. The van der Waals surface area contributed by atoms with E-state index in [4.69, 9.17) is 9.47 Å². The van der Waals surface area contributed by atoms with Crippen molar-refractivity contribution in [3.05, 3.63) is 89.5 Å². The van der Waals surface area contributed by atoms with Gasteiger partial charge in [0, 0.05) is 11.3 Å². The number of anilines is 1. The molecule has 0 bridgehead atoms. The van der Waals surface area contributed by atoms with E-state index < -0.39 is 35.6 Å². The SMILES string of the molecule is COc1cccc(C2/C(=C(/O)c3cccc(OCC(C)C)c3)C(=O)C(=O)N2c2ccc(OC(F)(F)F)cc2)c1. The predicted molar refractivity (Wildman–Crippen MR) is 138 cm³/mol. The van der Waals surface area contributed by atoms with Crippen LogP contribution in [0, 0.1) is 5.92 Å². The number of carbonyl (C=O) groups is 2. The molecule has 0 saturated carbocycles. The average molecular weight is 542 g/mol. The highest BCUT2D eigenvalue weighted by molar-refractivity contribution is 6.51. The first-order valence-corrected chi connectivity index (χ1v) is 12.0. The summed E-state index contributed by atoms with van der Waals surface area (Å²) in [5.74, 6) is -1.65. The number of methoxy groups -OCH3 is 1. The highest BCUT2D eigenvalue weighted by Gasteiger charge is 2.47. The van der Waals surface area contributed by atoms with Crippen molar-refractivity contribution in [2.45, 2.75) is 26.3 Å². The van der Waals surface area contributed by atoms with Gasteiger partial charge in [-0.2, -0.15) is 0 Å². The molecule has 1 fully saturated rings. The van der Waals surface area contributed by atoms with E-state index in [1.807, 2.05) is 13.8 Å². The maximum absolute atomic E-state index is 13.4. The molecular weight excluding hydrogens is 515 g/mol. The first-order valence-electron chi connectivity index (χ1n) is 12.0. The molecule has 0 radical (unpaired) electrons. The van der Waals surface area contributed by atoms with Crippen molar-refractivity contribution < 1.29 is 42.1 Å². The molecule has 7 nitrogen and oxygen atoms in total. The minimum absolute atomic E-state index is 0.132. The number of aliphatic hydroxyl groups is 1. The number of ether oxygens (including phenoxy) is 3. The van der Waals surface area contributed by atoms with Crippen molar-refractivity contribution in [2.24, 2.45) is 5.92 Å². The fourth-order valence-electron chi connectivity index (χ4n) is 4.19. The van der Waals surface area contributed by atoms with Gasteiger partial charge in [0.05, 0.1) is 25.3 Å². The van der Waals surface area contributed by atoms with Crippen LogP contribution in [0.3, 0.4) is 0 Å². The normalized spacial score (nSPS) is 17.0. The van der Waals surface area contributed by atoms with Crippen molar-refractivity contribution in [2.75, 3.05) is 18.6 Å². The molecule has 3 aromatic rings. The molecule has 10 heteroatoms. The molecule has 1 unspecified atom stereocenters. The minimum Gasteiger partial charge on any atom is -0.507 e. The summed E-state index contributed by atoms with van der Waals surface area (Å²) in [6.07, 6.45) is -4.89. The highest BCUT2D eigenvalue weighted by Crippen LogP contribution is 2.43. The second kappa shape index (κ2) is 11.1. The number of benzene rings is 3. The van der Waals surface area contributed by atoms with E-state index in [9.17, 15) is 27.9 Å². The Kier molecular flexibility index (Phi) is 7.85. The van der Waals surface area contributed by atoms with Gasteiger partial charge in [0.25, 0.3) is 11.7 Å². The number of alkyl halides is 3. The van der Waals surface area contributed by atoms with Crippen LogP contribution in [0.4, 0.5) is 18.9 Å². The third-order valence-electron chi connectivity index (χ3n) is 5.89. The number of aliphatic hydroxyl groups excluding tert-OH is 1. The van der Waals surface area contributed by atoms with Crippen molar-refractivity contribution in [1.29, 1.82) is 0 Å². The van der Waals surface area contributed by atoms with Crippen molar-refractivity contribution >= 4 is 23.1 Å². The lowest BCUT2D eigenvalue weighted by molar-refractivity contribution is -0.274. The summed E-state index contributed by atoms with van der Waals surface area (Å²) in [5, 5.41) is 11.4. The zero-order valence-electron chi connectivity index (χ0n) is 21.4. The number of halogens is 3. The number of rotatable bonds is 8. The van der Waals surface area contributed by atoms with Crippen LogP contribution in [-0.2, 0) is 9.59 Å². The minimum atomic E-state index is -4.89. The lowest BCUT2D eigenvalue weighted by Crippen LogP contribution is -2.29. The summed E-state index contributed by atoms with van der Waals surface area (Å²) in [5.41, 5.74) is 0.645. The van der Waals surface area contributed by atoms with Gasteiger partial charge in [-0.25, -0.2) is 0 Å². The Hall–Kier alpha value is -4.47. The smallest absolute Gasteiger partial charge is 0.507 e. The average Bonchev–Trinajstić information content (AvgIpc) is 3.17. The first-order chi connectivity index (χ1) is 18.5. The number of carbonyl (C=O) groups excluding carboxylic acids is 2. The molecule has 0 aliphatic carbocycles. The van der Waals surface area contributed by atoms with Crippen LogP contribution in [0.15, 0.2) is 78.4 Å². The van der Waals surface area contributed by atoms with Crippen LogP contribution in [0.1, 0.15) is 31.0 Å². The Morgan fingerprint density at radius 3 is 2.26 bits per heavy atom. The largest absolute Gasteiger partial charge is 0.573 e.